The van der Waals surface area contributed by atoms with E-state index < -0.39 is 33.5 Å². The maximum Gasteiger partial charge on any atom is 0.309 e. The first-order valence-electron chi connectivity index (χ1n) is 8.99. The molecule has 0 atom stereocenters. The van der Waals surface area contributed by atoms with Gasteiger partial charge in [-0.15, -0.1) is 0 Å². The van der Waals surface area contributed by atoms with Crippen LogP contribution in [-0.2, 0) is 19.6 Å². The number of rotatable bonds is 6. The zero-order valence-electron chi connectivity index (χ0n) is 15.4. The number of sulfonamides is 1. The minimum Gasteiger partial charge on any atom is -0.457 e. The van der Waals surface area contributed by atoms with Crippen LogP contribution in [0.5, 0.6) is 0 Å². The molecule has 9 heteroatoms. The first kappa shape index (κ1) is 21.1. The van der Waals surface area contributed by atoms with Gasteiger partial charge < -0.3 is 4.74 Å². The van der Waals surface area contributed by atoms with Gasteiger partial charge in [0.2, 0.25) is 10.0 Å². The summed E-state index contributed by atoms with van der Waals surface area (Å²) in [6.07, 6.45) is 0.419. The lowest BCUT2D eigenvalue weighted by molar-refractivity contribution is -0.148. The molecule has 1 aliphatic heterocycles. The van der Waals surface area contributed by atoms with Gasteiger partial charge in [-0.1, -0.05) is 30.3 Å². The minimum atomic E-state index is -3.99. The molecular formula is C20H19F2NO5S. The quantitative estimate of drug-likeness (QED) is 0.527. The van der Waals surface area contributed by atoms with Gasteiger partial charge in [-0.2, -0.15) is 4.31 Å². The molecule has 1 saturated heterocycles. The van der Waals surface area contributed by atoms with Crippen LogP contribution in [0.3, 0.4) is 0 Å². The summed E-state index contributed by atoms with van der Waals surface area (Å²) in [4.78, 5) is 23.9. The second-order valence-corrected chi connectivity index (χ2v) is 8.59. The molecule has 0 amide bonds. The van der Waals surface area contributed by atoms with Crippen molar-refractivity contribution >= 4 is 21.8 Å². The Kier molecular flexibility index (Phi) is 6.39. The molecule has 0 saturated carbocycles. The molecule has 1 fully saturated rings. The molecule has 0 aromatic heterocycles. The van der Waals surface area contributed by atoms with Gasteiger partial charge in [0.25, 0.3) is 0 Å². The van der Waals surface area contributed by atoms with Crippen LogP contribution in [0.2, 0.25) is 0 Å². The van der Waals surface area contributed by atoms with Crippen molar-refractivity contribution in [1.82, 2.24) is 4.31 Å². The Morgan fingerprint density at radius 2 is 1.66 bits per heavy atom. The zero-order valence-corrected chi connectivity index (χ0v) is 16.2. The normalized spacial score (nSPS) is 15.8. The molecule has 1 aliphatic rings. The van der Waals surface area contributed by atoms with E-state index in [4.69, 9.17) is 4.74 Å². The van der Waals surface area contributed by atoms with Crippen LogP contribution >= 0.6 is 0 Å². The molecule has 0 N–H and O–H groups in total. The molecule has 0 spiro atoms. The first-order valence-corrected chi connectivity index (χ1v) is 10.4. The number of hydrogen-bond donors (Lipinski definition) is 0. The summed E-state index contributed by atoms with van der Waals surface area (Å²) >= 11 is 0. The van der Waals surface area contributed by atoms with Crippen molar-refractivity contribution in [1.29, 1.82) is 0 Å². The molecule has 0 unspecified atom stereocenters. The number of benzene rings is 2. The number of carbonyl (C=O) groups excluding carboxylic acids is 2. The van der Waals surface area contributed by atoms with Gasteiger partial charge in [0, 0.05) is 18.7 Å². The minimum absolute atomic E-state index is 0.0354. The van der Waals surface area contributed by atoms with Crippen LogP contribution in [0.25, 0.3) is 0 Å². The molecule has 29 heavy (non-hydrogen) atoms. The van der Waals surface area contributed by atoms with Gasteiger partial charge in [0.05, 0.1) is 10.8 Å². The number of piperidine rings is 1. The molecule has 6 nitrogen and oxygen atoms in total. The number of nitrogens with zero attached hydrogens (tertiary/aromatic N) is 1. The van der Waals surface area contributed by atoms with Crippen LogP contribution in [-0.4, -0.2) is 44.2 Å². The Balaban J connectivity index is 1.55. The Bertz CT molecular complexity index is 1000. The molecular weight excluding hydrogens is 404 g/mol. The topological polar surface area (TPSA) is 80.8 Å². The Hall–Kier alpha value is -2.65. The van der Waals surface area contributed by atoms with Gasteiger partial charge >= 0.3 is 5.97 Å². The Labute approximate surface area is 167 Å². The van der Waals surface area contributed by atoms with Crippen molar-refractivity contribution in [2.45, 2.75) is 17.7 Å². The molecule has 0 radical (unpaired) electrons. The van der Waals surface area contributed by atoms with Crippen LogP contribution < -0.4 is 0 Å². The van der Waals surface area contributed by atoms with E-state index in [1.165, 1.54) is 0 Å². The SMILES string of the molecule is O=C(COC(=O)C1CCN(S(=O)(=O)c2ccc(F)c(F)c2)CC1)c1ccccc1. The fourth-order valence-electron chi connectivity index (χ4n) is 3.08. The summed E-state index contributed by atoms with van der Waals surface area (Å²) in [6, 6.07) is 10.8. The summed E-state index contributed by atoms with van der Waals surface area (Å²) in [5.41, 5.74) is 0.438. The summed E-state index contributed by atoms with van der Waals surface area (Å²) in [6.45, 7) is -0.308. The smallest absolute Gasteiger partial charge is 0.309 e. The molecule has 154 valence electrons. The lowest BCUT2D eigenvalue weighted by Crippen LogP contribution is -2.40. The molecule has 0 aliphatic carbocycles. The van der Waals surface area contributed by atoms with Gasteiger partial charge in [0.15, 0.2) is 24.0 Å². The zero-order chi connectivity index (χ0) is 21.0. The van der Waals surface area contributed by atoms with Crippen molar-refractivity contribution in [2.75, 3.05) is 19.7 Å². The van der Waals surface area contributed by atoms with Gasteiger partial charge in [-0.05, 0) is 31.0 Å². The molecule has 0 bridgehead atoms. The predicted octanol–water partition coefficient (Wildman–Crippen LogP) is 2.79. The molecule has 2 aromatic carbocycles. The van der Waals surface area contributed by atoms with E-state index in [9.17, 15) is 26.8 Å². The maximum absolute atomic E-state index is 13.4. The monoisotopic (exact) mass is 423 g/mol. The summed E-state index contributed by atoms with van der Waals surface area (Å²) in [5, 5.41) is 0. The van der Waals surface area contributed by atoms with E-state index in [1.54, 1.807) is 30.3 Å². The second-order valence-electron chi connectivity index (χ2n) is 6.65. The molecule has 1 heterocycles. The Morgan fingerprint density at radius 1 is 1.00 bits per heavy atom. The third-order valence-corrected chi connectivity index (χ3v) is 6.65. The van der Waals surface area contributed by atoms with Crippen molar-refractivity contribution in [3.05, 3.63) is 65.7 Å². The fraction of sp³-hybridized carbons (Fsp3) is 0.300. The molecule has 2 aromatic rings. The van der Waals surface area contributed by atoms with Crippen LogP contribution in [0, 0.1) is 17.6 Å². The van der Waals surface area contributed by atoms with E-state index in [2.05, 4.69) is 0 Å². The number of Topliss-reactive ketones (excluding diaryl/α,β-unsaturated/α-hetero) is 1. The number of halogens is 2. The van der Waals surface area contributed by atoms with E-state index in [-0.39, 0.29) is 43.2 Å². The number of esters is 1. The highest BCUT2D eigenvalue weighted by Crippen LogP contribution is 2.25. The van der Waals surface area contributed by atoms with Gasteiger partial charge in [-0.25, -0.2) is 17.2 Å². The van der Waals surface area contributed by atoms with Crippen molar-refractivity contribution in [3.8, 4) is 0 Å². The van der Waals surface area contributed by atoms with Crippen LogP contribution in [0.4, 0.5) is 8.78 Å². The average Bonchev–Trinajstić information content (AvgIpc) is 2.74. The predicted molar refractivity (Wildman–Crippen MR) is 99.6 cm³/mol. The van der Waals surface area contributed by atoms with Crippen molar-refractivity contribution in [2.24, 2.45) is 5.92 Å². The first-order chi connectivity index (χ1) is 13.8. The molecule has 3 rings (SSSR count). The maximum atomic E-state index is 13.4. The number of carbonyl (C=O) groups is 2. The van der Waals surface area contributed by atoms with Gasteiger partial charge in [0.1, 0.15) is 0 Å². The standard InChI is InChI=1S/C20H19F2NO5S/c21-17-7-6-16(12-18(17)22)29(26,27)23-10-8-15(9-11-23)20(25)28-13-19(24)14-4-2-1-3-5-14/h1-7,12,15H,8-11,13H2. The average molecular weight is 423 g/mol. The largest absolute Gasteiger partial charge is 0.457 e. The summed E-state index contributed by atoms with van der Waals surface area (Å²) in [7, 11) is -3.99. The van der Waals surface area contributed by atoms with Crippen LogP contribution in [0.15, 0.2) is 53.4 Å². The Morgan fingerprint density at radius 3 is 2.28 bits per heavy atom. The third-order valence-electron chi connectivity index (χ3n) is 4.76. The lowest BCUT2D eigenvalue weighted by atomic mass is 9.98. The van der Waals surface area contributed by atoms with E-state index >= 15 is 0 Å². The second kappa shape index (κ2) is 8.79. The highest BCUT2D eigenvalue weighted by atomic mass is 32.2. The van der Waals surface area contributed by atoms with Crippen molar-refractivity contribution < 1.29 is 31.5 Å². The fourth-order valence-corrected chi connectivity index (χ4v) is 4.56. The highest BCUT2D eigenvalue weighted by molar-refractivity contribution is 7.89. The summed E-state index contributed by atoms with van der Waals surface area (Å²) < 4.78 is 57.8. The van der Waals surface area contributed by atoms with Crippen molar-refractivity contribution in [3.63, 3.8) is 0 Å². The van der Waals surface area contributed by atoms with Crippen LogP contribution in [0.1, 0.15) is 23.2 Å². The van der Waals surface area contributed by atoms with E-state index in [0.717, 1.165) is 16.4 Å². The summed E-state index contributed by atoms with van der Waals surface area (Å²) in [5.74, 6) is -3.78. The highest BCUT2D eigenvalue weighted by Gasteiger charge is 2.33. The number of ether oxygens (including phenoxy) is 1. The number of hydrogen-bond acceptors (Lipinski definition) is 5. The lowest BCUT2D eigenvalue weighted by Gasteiger charge is -2.30. The van der Waals surface area contributed by atoms with E-state index in [1.807, 2.05) is 0 Å². The van der Waals surface area contributed by atoms with Gasteiger partial charge in [-0.3, -0.25) is 9.59 Å². The number of ketones is 1. The third kappa shape index (κ3) is 4.86. The van der Waals surface area contributed by atoms with E-state index in [0.29, 0.717) is 11.6 Å².